The molecular weight excluding hydrogens is 484 g/mol. The van der Waals surface area contributed by atoms with E-state index in [2.05, 4.69) is 25.7 Å². The van der Waals surface area contributed by atoms with Crippen molar-refractivity contribution in [1.82, 2.24) is 25.2 Å². The maximum absolute atomic E-state index is 12.3. The van der Waals surface area contributed by atoms with Gasteiger partial charge in [-0.05, 0) is 54.6 Å². The molecule has 2 aromatic heterocycles. The molecule has 0 radical (unpaired) electrons. The van der Waals surface area contributed by atoms with Crippen molar-refractivity contribution >= 4 is 41.6 Å². The van der Waals surface area contributed by atoms with Gasteiger partial charge in [-0.25, -0.2) is 5.43 Å². The van der Waals surface area contributed by atoms with E-state index in [1.54, 1.807) is 37.7 Å². The Labute approximate surface area is 211 Å². The number of nitrogens with zero attached hydrogens (tertiary/aromatic N) is 5. The summed E-state index contributed by atoms with van der Waals surface area (Å²) in [6, 6.07) is 18.7. The van der Waals surface area contributed by atoms with Gasteiger partial charge in [-0.2, -0.15) is 5.10 Å². The van der Waals surface area contributed by atoms with Gasteiger partial charge >= 0.3 is 0 Å². The zero-order valence-corrected chi connectivity index (χ0v) is 20.3. The van der Waals surface area contributed by atoms with E-state index in [4.69, 9.17) is 16.3 Å². The number of hydrogen-bond donors (Lipinski definition) is 1. The molecule has 1 amide bonds. The SMILES string of the molecule is COc1ccccc1/C=C/C=N/NC(=O)CSc1nnc(-c2ccncc2)n1-c1ccc(Cl)cc1. The van der Waals surface area contributed by atoms with Crippen LogP contribution in [0.15, 0.2) is 89.4 Å². The van der Waals surface area contributed by atoms with Crippen molar-refractivity contribution in [2.45, 2.75) is 5.16 Å². The Kier molecular flexibility index (Phi) is 8.26. The molecule has 1 N–H and O–H groups in total. The van der Waals surface area contributed by atoms with Crippen LogP contribution in [-0.2, 0) is 4.79 Å². The molecule has 10 heteroatoms. The summed E-state index contributed by atoms with van der Waals surface area (Å²) in [6.45, 7) is 0. The lowest BCUT2D eigenvalue weighted by Crippen LogP contribution is -2.19. The number of pyridine rings is 1. The number of aromatic nitrogens is 4. The average Bonchev–Trinajstić information content (AvgIpc) is 3.32. The van der Waals surface area contributed by atoms with E-state index in [9.17, 15) is 4.79 Å². The number of nitrogens with one attached hydrogen (secondary N) is 1. The second kappa shape index (κ2) is 12.0. The van der Waals surface area contributed by atoms with Crippen LogP contribution >= 0.6 is 23.4 Å². The summed E-state index contributed by atoms with van der Waals surface area (Å²) in [7, 11) is 1.62. The van der Waals surface area contributed by atoms with Gasteiger partial charge in [0.25, 0.3) is 5.91 Å². The monoisotopic (exact) mass is 504 g/mol. The number of carbonyl (C=O) groups is 1. The first-order valence-electron chi connectivity index (χ1n) is 10.5. The number of methoxy groups -OCH3 is 1. The minimum Gasteiger partial charge on any atom is -0.496 e. The predicted molar refractivity (Wildman–Crippen MR) is 139 cm³/mol. The van der Waals surface area contributed by atoms with Crippen LogP contribution in [0.4, 0.5) is 0 Å². The summed E-state index contributed by atoms with van der Waals surface area (Å²) < 4.78 is 7.18. The first-order valence-corrected chi connectivity index (χ1v) is 11.9. The highest BCUT2D eigenvalue weighted by Gasteiger charge is 2.17. The van der Waals surface area contributed by atoms with Crippen molar-refractivity contribution < 1.29 is 9.53 Å². The quantitative estimate of drug-likeness (QED) is 0.198. The summed E-state index contributed by atoms with van der Waals surface area (Å²) in [4.78, 5) is 16.4. The third-order valence-corrected chi connectivity index (χ3v) is 5.93. The van der Waals surface area contributed by atoms with Gasteiger partial charge in [0.15, 0.2) is 11.0 Å². The largest absolute Gasteiger partial charge is 0.496 e. The number of benzene rings is 2. The van der Waals surface area contributed by atoms with E-state index >= 15 is 0 Å². The van der Waals surface area contributed by atoms with Gasteiger partial charge in [0, 0.05) is 40.4 Å². The van der Waals surface area contributed by atoms with Crippen molar-refractivity contribution in [2.24, 2.45) is 5.10 Å². The number of thioether (sulfide) groups is 1. The third-order valence-electron chi connectivity index (χ3n) is 4.75. The molecule has 2 aromatic carbocycles. The normalized spacial score (nSPS) is 11.3. The Balaban J connectivity index is 1.42. The van der Waals surface area contributed by atoms with Crippen LogP contribution in [0.5, 0.6) is 5.75 Å². The maximum Gasteiger partial charge on any atom is 0.250 e. The van der Waals surface area contributed by atoms with Crippen molar-refractivity contribution in [3.63, 3.8) is 0 Å². The Bertz CT molecular complexity index is 1340. The summed E-state index contributed by atoms with van der Waals surface area (Å²) in [5.74, 6) is 1.23. The number of carbonyl (C=O) groups excluding carboxylic acids is 1. The lowest BCUT2D eigenvalue weighted by atomic mass is 10.2. The minimum atomic E-state index is -0.270. The lowest BCUT2D eigenvalue weighted by molar-refractivity contribution is -0.118. The number of hydrazone groups is 1. The topological polar surface area (TPSA) is 94.3 Å². The molecule has 0 atom stereocenters. The highest BCUT2D eigenvalue weighted by atomic mass is 35.5. The van der Waals surface area contributed by atoms with Crippen LogP contribution in [0, 0.1) is 0 Å². The van der Waals surface area contributed by atoms with E-state index in [0.717, 1.165) is 22.6 Å². The fourth-order valence-electron chi connectivity index (χ4n) is 3.14. The van der Waals surface area contributed by atoms with Crippen molar-refractivity contribution in [1.29, 1.82) is 0 Å². The molecule has 0 aliphatic carbocycles. The third kappa shape index (κ3) is 6.34. The number of para-hydroxylation sites is 1. The number of rotatable bonds is 9. The van der Waals surface area contributed by atoms with Crippen LogP contribution in [0.3, 0.4) is 0 Å². The summed E-state index contributed by atoms with van der Waals surface area (Å²) in [6.07, 6.45) is 8.46. The first-order chi connectivity index (χ1) is 17.2. The van der Waals surface area contributed by atoms with Crippen molar-refractivity contribution in [3.8, 4) is 22.8 Å². The van der Waals surface area contributed by atoms with Crippen LogP contribution in [0.2, 0.25) is 5.02 Å². The van der Waals surface area contributed by atoms with E-state index in [-0.39, 0.29) is 11.7 Å². The second-order valence-corrected chi connectivity index (χ2v) is 8.44. The second-order valence-electron chi connectivity index (χ2n) is 7.06. The number of allylic oxidation sites excluding steroid dienone is 1. The van der Waals surface area contributed by atoms with E-state index in [0.29, 0.717) is 16.0 Å². The summed E-state index contributed by atoms with van der Waals surface area (Å²) in [5, 5.41) is 13.8. The van der Waals surface area contributed by atoms with Gasteiger partial charge < -0.3 is 4.74 Å². The summed E-state index contributed by atoms with van der Waals surface area (Å²) in [5.41, 5.74) is 5.11. The number of hydrogen-bond acceptors (Lipinski definition) is 7. The van der Waals surface area contributed by atoms with Crippen LogP contribution in [-0.4, -0.2) is 44.7 Å². The molecule has 4 rings (SSSR count). The molecule has 4 aromatic rings. The highest BCUT2D eigenvalue weighted by molar-refractivity contribution is 7.99. The van der Waals surface area contributed by atoms with Gasteiger partial charge in [-0.3, -0.25) is 14.3 Å². The molecule has 0 unspecified atom stereocenters. The minimum absolute atomic E-state index is 0.107. The van der Waals surface area contributed by atoms with Crippen molar-refractivity contribution in [3.05, 3.63) is 89.7 Å². The van der Waals surface area contributed by atoms with Gasteiger partial charge in [0.05, 0.1) is 12.9 Å². The molecule has 2 heterocycles. The van der Waals surface area contributed by atoms with Gasteiger partial charge in [0.1, 0.15) is 5.75 Å². The van der Waals surface area contributed by atoms with Gasteiger partial charge in [-0.1, -0.05) is 41.6 Å². The van der Waals surface area contributed by atoms with Crippen molar-refractivity contribution in [2.75, 3.05) is 12.9 Å². The average molecular weight is 505 g/mol. The molecule has 0 bridgehead atoms. The standard InChI is InChI=1S/C25H21ClN6O2S/c1-34-22-7-3-2-5-18(22)6-4-14-28-29-23(33)17-35-25-31-30-24(19-12-15-27-16-13-19)32(25)21-10-8-20(26)9-11-21/h2-16H,17H2,1H3,(H,29,33)/b6-4+,28-14+. The lowest BCUT2D eigenvalue weighted by Gasteiger charge is -2.10. The molecular formula is C25H21ClN6O2S. The van der Waals surface area contributed by atoms with Crippen LogP contribution in [0.1, 0.15) is 5.56 Å². The maximum atomic E-state index is 12.3. The van der Waals surface area contributed by atoms with Crippen LogP contribution < -0.4 is 10.2 Å². The molecule has 0 aliphatic heterocycles. The Morgan fingerprint density at radius 2 is 1.89 bits per heavy atom. The zero-order valence-electron chi connectivity index (χ0n) is 18.7. The molecule has 0 saturated heterocycles. The molecule has 0 spiro atoms. The van der Waals surface area contributed by atoms with E-state index < -0.39 is 0 Å². The fourth-order valence-corrected chi connectivity index (χ4v) is 4.01. The first kappa shape index (κ1) is 24.2. The van der Waals surface area contributed by atoms with Gasteiger partial charge in [-0.15, -0.1) is 10.2 Å². The van der Waals surface area contributed by atoms with Gasteiger partial charge in [0.2, 0.25) is 0 Å². The molecule has 0 aliphatic rings. The van der Waals surface area contributed by atoms with E-state index in [1.165, 1.54) is 18.0 Å². The Hall–Kier alpha value is -3.95. The summed E-state index contributed by atoms with van der Waals surface area (Å²) >= 11 is 7.32. The predicted octanol–water partition coefficient (Wildman–Crippen LogP) is 4.90. The number of amides is 1. The highest BCUT2D eigenvalue weighted by Crippen LogP contribution is 2.28. The number of halogens is 1. The molecule has 0 saturated carbocycles. The molecule has 0 fully saturated rings. The Morgan fingerprint density at radius 1 is 1.11 bits per heavy atom. The van der Waals surface area contributed by atoms with E-state index in [1.807, 2.05) is 59.2 Å². The molecule has 35 heavy (non-hydrogen) atoms. The molecule has 8 nitrogen and oxygen atoms in total. The Morgan fingerprint density at radius 3 is 2.66 bits per heavy atom. The zero-order chi connectivity index (χ0) is 24.5. The van der Waals surface area contributed by atoms with Crippen LogP contribution in [0.25, 0.3) is 23.2 Å². The smallest absolute Gasteiger partial charge is 0.250 e. The molecule has 176 valence electrons. The number of ether oxygens (including phenoxy) is 1. The fraction of sp³-hybridized carbons (Fsp3) is 0.0800.